The summed E-state index contributed by atoms with van der Waals surface area (Å²) in [6, 6.07) is 27.2. The lowest BCUT2D eigenvalue weighted by molar-refractivity contribution is -0.120. The molecule has 2 heterocycles. The van der Waals surface area contributed by atoms with Crippen molar-refractivity contribution in [2.24, 2.45) is 0 Å². The van der Waals surface area contributed by atoms with Gasteiger partial charge in [-0.15, -0.1) is 0 Å². The molecule has 2 N–H and O–H groups in total. The molecule has 0 saturated carbocycles. The zero-order chi connectivity index (χ0) is 23.3. The second-order valence-electron chi connectivity index (χ2n) is 8.05. The van der Waals surface area contributed by atoms with Gasteiger partial charge in [-0.25, -0.2) is 5.10 Å². The molecular weight excluding hydrogens is 426 g/mol. The number of H-pyrrole nitrogens is 1. The van der Waals surface area contributed by atoms with Crippen molar-refractivity contribution in [3.63, 3.8) is 0 Å². The Labute approximate surface area is 196 Å². The van der Waals surface area contributed by atoms with Gasteiger partial charge in [0.25, 0.3) is 5.56 Å². The molecule has 0 aliphatic rings. The molecule has 34 heavy (non-hydrogen) atoms. The number of hydrogen-bond acceptors (Lipinski definition) is 4. The van der Waals surface area contributed by atoms with Gasteiger partial charge in [0.2, 0.25) is 5.91 Å². The van der Waals surface area contributed by atoms with Crippen LogP contribution in [0.15, 0.2) is 95.9 Å². The predicted octanol–water partition coefficient (Wildman–Crippen LogP) is 3.69. The van der Waals surface area contributed by atoms with Crippen molar-refractivity contribution in [2.45, 2.75) is 19.5 Å². The van der Waals surface area contributed by atoms with Gasteiger partial charge in [0.15, 0.2) is 0 Å². The topological polar surface area (TPSA) is 92.7 Å². The molecule has 0 saturated heterocycles. The third-order valence-electron chi connectivity index (χ3n) is 5.65. The van der Waals surface area contributed by atoms with E-state index in [1.165, 1.54) is 0 Å². The number of rotatable bonds is 7. The Hall–Kier alpha value is -4.52. The van der Waals surface area contributed by atoms with E-state index in [4.69, 9.17) is 5.10 Å². The Morgan fingerprint density at radius 3 is 2.32 bits per heavy atom. The molecule has 0 unspecified atom stereocenters. The number of benzene rings is 3. The summed E-state index contributed by atoms with van der Waals surface area (Å²) in [5.74, 6) is -0.181. The maximum atomic E-state index is 12.8. The summed E-state index contributed by atoms with van der Waals surface area (Å²) >= 11 is 0. The van der Waals surface area contributed by atoms with Crippen molar-refractivity contribution >= 4 is 16.7 Å². The Kier molecular flexibility index (Phi) is 5.99. The van der Waals surface area contributed by atoms with Crippen LogP contribution >= 0.6 is 0 Å². The minimum atomic E-state index is -0.266. The summed E-state index contributed by atoms with van der Waals surface area (Å²) in [7, 11) is 0. The highest BCUT2D eigenvalue weighted by Crippen LogP contribution is 2.22. The van der Waals surface area contributed by atoms with Gasteiger partial charge >= 0.3 is 0 Å². The fraction of sp³-hybridized carbons (Fsp3) is 0.111. The first-order valence-corrected chi connectivity index (χ1v) is 11.1. The van der Waals surface area contributed by atoms with Crippen molar-refractivity contribution in [3.05, 3.63) is 118 Å². The SMILES string of the molecule is O=C(Cc1n[nH]c(=O)c2ccccc12)NCc1cn(Cc2ccccc2)nc1-c1ccccc1. The molecule has 0 fully saturated rings. The summed E-state index contributed by atoms with van der Waals surface area (Å²) in [4.78, 5) is 24.8. The summed E-state index contributed by atoms with van der Waals surface area (Å²) < 4.78 is 1.90. The van der Waals surface area contributed by atoms with Gasteiger partial charge in [0.1, 0.15) is 0 Å². The average Bonchev–Trinajstić information content (AvgIpc) is 3.28. The zero-order valence-corrected chi connectivity index (χ0v) is 18.4. The van der Waals surface area contributed by atoms with Crippen molar-refractivity contribution < 1.29 is 4.79 Å². The Morgan fingerprint density at radius 2 is 1.56 bits per heavy atom. The highest BCUT2D eigenvalue weighted by atomic mass is 16.1. The van der Waals surface area contributed by atoms with Gasteiger partial charge in [0.05, 0.1) is 29.7 Å². The molecule has 0 spiro atoms. The Bertz CT molecular complexity index is 1490. The number of fused-ring (bicyclic) bond motifs is 1. The first kappa shape index (κ1) is 21.3. The third kappa shape index (κ3) is 4.63. The van der Waals surface area contributed by atoms with Crippen LogP contribution in [-0.2, 0) is 24.3 Å². The van der Waals surface area contributed by atoms with E-state index in [2.05, 4.69) is 27.6 Å². The second-order valence-corrected chi connectivity index (χ2v) is 8.05. The van der Waals surface area contributed by atoms with E-state index in [1.807, 2.05) is 65.5 Å². The van der Waals surface area contributed by atoms with E-state index >= 15 is 0 Å². The van der Waals surface area contributed by atoms with Crippen LogP contribution in [0.3, 0.4) is 0 Å². The number of carbonyl (C=O) groups is 1. The Morgan fingerprint density at radius 1 is 0.882 bits per heavy atom. The molecule has 168 valence electrons. The van der Waals surface area contributed by atoms with E-state index in [-0.39, 0.29) is 17.9 Å². The number of nitrogens with one attached hydrogen (secondary N) is 2. The zero-order valence-electron chi connectivity index (χ0n) is 18.4. The molecule has 0 bridgehead atoms. The van der Waals surface area contributed by atoms with Gasteiger partial charge in [-0.3, -0.25) is 14.3 Å². The summed E-state index contributed by atoms with van der Waals surface area (Å²) in [6.07, 6.45) is 2.04. The van der Waals surface area contributed by atoms with Gasteiger partial charge < -0.3 is 5.32 Å². The van der Waals surface area contributed by atoms with Crippen LogP contribution in [0.5, 0.6) is 0 Å². The molecule has 0 radical (unpaired) electrons. The molecule has 1 amide bonds. The van der Waals surface area contributed by atoms with E-state index in [0.717, 1.165) is 22.4 Å². The van der Waals surface area contributed by atoms with E-state index in [1.54, 1.807) is 18.2 Å². The molecule has 0 aliphatic heterocycles. The number of aromatic amines is 1. The predicted molar refractivity (Wildman–Crippen MR) is 131 cm³/mol. The molecular formula is C27H23N5O2. The smallest absolute Gasteiger partial charge is 0.272 e. The van der Waals surface area contributed by atoms with Crippen LogP contribution in [0.2, 0.25) is 0 Å². The molecule has 3 aromatic carbocycles. The molecule has 7 heteroatoms. The molecule has 7 nitrogen and oxygen atoms in total. The van der Waals surface area contributed by atoms with Crippen LogP contribution < -0.4 is 10.9 Å². The van der Waals surface area contributed by atoms with Gasteiger partial charge in [-0.2, -0.15) is 10.2 Å². The first-order valence-electron chi connectivity index (χ1n) is 11.1. The fourth-order valence-corrected chi connectivity index (χ4v) is 4.00. The molecule has 0 atom stereocenters. The van der Waals surface area contributed by atoms with Crippen LogP contribution in [0.25, 0.3) is 22.0 Å². The van der Waals surface area contributed by atoms with E-state index in [9.17, 15) is 9.59 Å². The maximum absolute atomic E-state index is 12.8. The monoisotopic (exact) mass is 449 g/mol. The van der Waals surface area contributed by atoms with Crippen molar-refractivity contribution in [1.82, 2.24) is 25.3 Å². The lowest BCUT2D eigenvalue weighted by atomic mass is 10.1. The highest BCUT2D eigenvalue weighted by Gasteiger charge is 2.14. The molecule has 5 aromatic rings. The first-order chi connectivity index (χ1) is 16.7. The normalized spacial score (nSPS) is 10.9. The van der Waals surface area contributed by atoms with Gasteiger partial charge in [-0.05, 0) is 11.6 Å². The van der Waals surface area contributed by atoms with Crippen molar-refractivity contribution in [3.8, 4) is 11.3 Å². The summed E-state index contributed by atoms with van der Waals surface area (Å²) in [5.41, 5.74) is 4.18. The van der Waals surface area contributed by atoms with Crippen molar-refractivity contribution in [1.29, 1.82) is 0 Å². The van der Waals surface area contributed by atoms with E-state index < -0.39 is 0 Å². The average molecular weight is 450 g/mol. The van der Waals surface area contributed by atoms with Crippen LogP contribution in [-0.4, -0.2) is 25.9 Å². The molecule has 2 aromatic heterocycles. The van der Waals surface area contributed by atoms with Gasteiger partial charge in [0, 0.05) is 29.3 Å². The maximum Gasteiger partial charge on any atom is 0.272 e. The minimum absolute atomic E-state index is 0.0656. The lowest BCUT2D eigenvalue weighted by Gasteiger charge is -2.07. The third-order valence-corrected chi connectivity index (χ3v) is 5.65. The standard InChI is InChI=1S/C27H23N5O2/c33-25(15-24-22-13-7-8-14-23(22)27(34)30-29-24)28-16-21-18-32(17-19-9-3-1-4-10-19)31-26(21)20-11-5-2-6-12-20/h1-14,18H,15-17H2,(H,28,33)(H,30,34). The van der Waals surface area contributed by atoms with E-state index in [0.29, 0.717) is 29.6 Å². The largest absolute Gasteiger partial charge is 0.352 e. The fourth-order valence-electron chi connectivity index (χ4n) is 4.00. The highest BCUT2D eigenvalue weighted by molar-refractivity contribution is 5.88. The van der Waals surface area contributed by atoms with Crippen molar-refractivity contribution in [2.75, 3.05) is 0 Å². The van der Waals surface area contributed by atoms with Crippen LogP contribution in [0.4, 0.5) is 0 Å². The molecule has 0 aliphatic carbocycles. The molecule has 5 rings (SSSR count). The quantitative estimate of drug-likeness (QED) is 0.396. The number of nitrogens with zero attached hydrogens (tertiary/aromatic N) is 3. The number of carbonyl (C=O) groups excluding carboxylic acids is 1. The van der Waals surface area contributed by atoms with Gasteiger partial charge in [-0.1, -0.05) is 78.9 Å². The number of aromatic nitrogens is 4. The van der Waals surface area contributed by atoms with Crippen LogP contribution in [0.1, 0.15) is 16.8 Å². The minimum Gasteiger partial charge on any atom is -0.352 e. The number of amides is 1. The summed E-state index contributed by atoms with van der Waals surface area (Å²) in [6.45, 7) is 0.973. The second kappa shape index (κ2) is 9.54. The Balaban J connectivity index is 1.36. The summed E-state index contributed by atoms with van der Waals surface area (Å²) in [5, 5.41) is 15.6. The van der Waals surface area contributed by atoms with Crippen LogP contribution in [0, 0.1) is 0 Å². The lowest BCUT2D eigenvalue weighted by Crippen LogP contribution is -2.26. The number of hydrogen-bond donors (Lipinski definition) is 2.